The molecular formula is C20H15F3N4O2. The molecule has 0 aliphatic heterocycles. The SMILES string of the molecule is Cc1oncc1N(Cc1cccc(C(F)(F)F)c1)C(=O)Nc1ccc(C#N)cc1. The molecule has 3 aromatic rings. The van der Waals surface area contributed by atoms with E-state index >= 15 is 0 Å². The molecule has 6 nitrogen and oxygen atoms in total. The first-order valence-corrected chi connectivity index (χ1v) is 8.44. The van der Waals surface area contributed by atoms with Crippen LogP contribution in [0.5, 0.6) is 0 Å². The molecule has 1 N–H and O–H groups in total. The van der Waals surface area contributed by atoms with Gasteiger partial charge in [0.1, 0.15) is 5.69 Å². The van der Waals surface area contributed by atoms with Crippen LogP contribution >= 0.6 is 0 Å². The molecule has 0 saturated carbocycles. The van der Waals surface area contributed by atoms with Crippen LogP contribution in [-0.4, -0.2) is 11.2 Å². The van der Waals surface area contributed by atoms with Crippen molar-refractivity contribution in [3.63, 3.8) is 0 Å². The molecule has 29 heavy (non-hydrogen) atoms. The van der Waals surface area contributed by atoms with Gasteiger partial charge in [-0.1, -0.05) is 17.3 Å². The first-order chi connectivity index (χ1) is 13.8. The minimum Gasteiger partial charge on any atom is -0.359 e. The number of nitrogens with one attached hydrogen (secondary N) is 1. The molecular weight excluding hydrogens is 385 g/mol. The summed E-state index contributed by atoms with van der Waals surface area (Å²) in [5.74, 6) is 0.340. The monoisotopic (exact) mass is 400 g/mol. The maximum absolute atomic E-state index is 13.0. The van der Waals surface area contributed by atoms with Crippen molar-refractivity contribution >= 4 is 17.4 Å². The van der Waals surface area contributed by atoms with Crippen molar-refractivity contribution < 1.29 is 22.5 Å². The number of carbonyl (C=O) groups excluding carboxylic acids is 1. The van der Waals surface area contributed by atoms with Gasteiger partial charge in [-0.25, -0.2) is 4.79 Å². The summed E-state index contributed by atoms with van der Waals surface area (Å²) in [5, 5.41) is 15.2. The molecule has 0 atom stereocenters. The van der Waals surface area contributed by atoms with Crippen LogP contribution in [0.15, 0.2) is 59.3 Å². The maximum atomic E-state index is 13.0. The standard InChI is InChI=1S/C20H15F3N4O2/c1-13-18(11-25-29-13)27(12-15-3-2-4-16(9-15)20(21,22)23)19(28)26-17-7-5-14(10-24)6-8-17/h2-9,11H,12H2,1H3,(H,26,28). The summed E-state index contributed by atoms with van der Waals surface area (Å²) in [7, 11) is 0. The Morgan fingerprint density at radius 1 is 1.24 bits per heavy atom. The molecule has 1 aromatic heterocycles. The molecule has 2 amide bonds. The van der Waals surface area contributed by atoms with Crippen LogP contribution in [0.2, 0.25) is 0 Å². The first kappa shape index (κ1) is 19.9. The summed E-state index contributed by atoms with van der Waals surface area (Å²) in [6.45, 7) is 1.46. The lowest BCUT2D eigenvalue weighted by atomic mass is 10.1. The van der Waals surface area contributed by atoms with E-state index in [1.54, 1.807) is 19.1 Å². The average molecular weight is 400 g/mol. The van der Waals surface area contributed by atoms with E-state index in [1.165, 1.54) is 35.4 Å². The van der Waals surface area contributed by atoms with E-state index in [4.69, 9.17) is 9.78 Å². The lowest BCUT2D eigenvalue weighted by Crippen LogP contribution is -2.34. The van der Waals surface area contributed by atoms with Gasteiger partial charge in [0, 0.05) is 5.69 Å². The second-order valence-electron chi connectivity index (χ2n) is 6.17. The maximum Gasteiger partial charge on any atom is 0.416 e. The van der Waals surface area contributed by atoms with Gasteiger partial charge in [0.2, 0.25) is 0 Å². The zero-order valence-corrected chi connectivity index (χ0v) is 15.2. The number of anilines is 2. The lowest BCUT2D eigenvalue weighted by Gasteiger charge is -2.22. The van der Waals surface area contributed by atoms with Crippen LogP contribution in [0, 0.1) is 18.3 Å². The summed E-state index contributed by atoms with van der Waals surface area (Å²) >= 11 is 0. The van der Waals surface area contributed by atoms with Gasteiger partial charge in [0.25, 0.3) is 0 Å². The minimum atomic E-state index is -4.49. The fraction of sp³-hybridized carbons (Fsp3) is 0.150. The van der Waals surface area contributed by atoms with Crippen molar-refractivity contribution in [1.82, 2.24) is 5.16 Å². The molecule has 0 spiro atoms. The highest BCUT2D eigenvalue weighted by Gasteiger charge is 2.31. The Morgan fingerprint density at radius 3 is 2.55 bits per heavy atom. The number of halogens is 3. The Kier molecular flexibility index (Phi) is 5.54. The number of urea groups is 1. The fourth-order valence-corrected chi connectivity index (χ4v) is 2.67. The number of aromatic nitrogens is 1. The largest absolute Gasteiger partial charge is 0.416 e. The highest BCUT2D eigenvalue weighted by Crippen LogP contribution is 2.30. The molecule has 0 saturated heterocycles. The Labute approximate surface area is 164 Å². The number of hydrogen-bond acceptors (Lipinski definition) is 4. The number of rotatable bonds is 4. The van der Waals surface area contributed by atoms with E-state index in [0.29, 0.717) is 22.7 Å². The summed E-state index contributed by atoms with van der Waals surface area (Å²) < 4.78 is 44.0. The highest BCUT2D eigenvalue weighted by molar-refractivity contribution is 6.01. The third kappa shape index (κ3) is 4.73. The van der Waals surface area contributed by atoms with E-state index in [0.717, 1.165) is 12.1 Å². The summed E-state index contributed by atoms with van der Waals surface area (Å²) in [6.07, 6.45) is -3.17. The van der Waals surface area contributed by atoms with Gasteiger partial charge >= 0.3 is 12.2 Å². The third-order valence-corrected chi connectivity index (χ3v) is 4.12. The Bertz CT molecular complexity index is 1050. The molecule has 0 aliphatic carbocycles. The van der Waals surface area contributed by atoms with Crippen LogP contribution < -0.4 is 10.2 Å². The second-order valence-corrected chi connectivity index (χ2v) is 6.17. The van der Waals surface area contributed by atoms with E-state index < -0.39 is 17.8 Å². The van der Waals surface area contributed by atoms with E-state index in [1.807, 2.05) is 6.07 Å². The Morgan fingerprint density at radius 2 is 1.97 bits per heavy atom. The number of nitriles is 1. The normalized spacial score (nSPS) is 11.0. The average Bonchev–Trinajstić information content (AvgIpc) is 3.12. The number of alkyl halides is 3. The summed E-state index contributed by atoms with van der Waals surface area (Å²) in [6, 6.07) is 12.3. The molecule has 0 unspecified atom stereocenters. The van der Waals surface area contributed by atoms with Crippen LogP contribution in [0.25, 0.3) is 0 Å². The molecule has 148 valence electrons. The van der Waals surface area contributed by atoms with Crippen molar-refractivity contribution in [3.8, 4) is 6.07 Å². The molecule has 0 fully saturated rings. The fourth-order valence-electron chi connectivity index (χ4n) is 2.67. The van der Waals surface area contributed by atoms with Gasteiger partial charge in [-0.05, 0) is 48.9 Å². The number of aryl methyl sites for hydroxylation is 1. The number of benzene rings is 2. The topological polar surface area (TPSA) is 82.2 Å². The molecule has 0 aliphatic rings. The summed E-state index contributed by atoms with van der Waals surface area (Å²) in [5.41, 5.74) is 0.671. The van der Waals surface area contributed by atoms with Crippen molar-refractivity contribution in [2.75, 3.05) is 10.2 Å². The van der Waals surface area contributed by atoms with Gasteiger partial charge < -0.3 is 9.84 Å². The van der Waals surface area contributed by atoms with Gasteiger partial charge in [0.05, 0.1) is 29.9 Å². The van der Waals surface area contributed by atoms with Crippen molar-refractivity contribution in [1.29, 1.82) is 5.26 Å². The second kappa shape index (κ2) is 8.06. The number of hydrogen-bond donors (Lipinski definition) is 1. The molecule has 1 heterocycles. The molecule has 0 bridgehead atoms. The third-order valence-electron chi connectivity index (χ3n) is 4.12. The molecule has 0 radical (unpaired) electrons. The minimum absolute atomic E-state index is 0.131. The van der Waals surface area contributed by atoms with E-state index in [9.17, 15) is 18.0 Å². The highest BCUT2D eigenvalue weighted by atomic mass is 19.4. The van der Waals surface area contributed by atoms with Crippen LogP contribution in [0.3, 0.4) is 0 Å². The predicted octanol–water partition coefficient (Wildman–Crippen LogP) is 5.11. The van der Waals surface area contributed by atoms with Gasteiger partial charge in [-0.3, -0.25) is 4.90 Å². The molecule has 3 rings (SSSR count). The quantitative estimate of drug-likeness (QED) is 0.660. The lowest BCUT2D eigenvalue weighted by molar-refractivity contribution is -0.137. The summed E-state index contributed by atoms with van der Waals surface area (Å²) in [4.78, 5) is 14.1. The van der Waals surface area contributed by atoms with E-state index in [2.05, 4.69) is 10.5 Å². The number of amides is 2. The Hall–Kier alpha value is -3.80. The molecule has 9 heteroatoms. The predicted molar refractivity (Wildman–Crippen MR) is 99.0 cm³/mol. The number of carbonyl (C=O) groups is 1. The number of nitrogens with zero attached hydrogens (tertiary/aromatic N) is 3. The van der Waals surface area contributed by atoms with Crippen LogP contribution in [0.4, 0.5) is 29.3 Å². The van der Waals surface area contributed by atoms with Gasteiger partial charge in [-0.2, -0.15) is 18.4 Å². The van der Waals surface area contributed by atoms with Crippen molar-refractivity contribution in [2.45, 2.75) is 19.6 Å². The first-order valence-electron chi connectivity index (χ1n) is 8.44. The van der Waals surface area contributed by atoms with Crippen LogP contribution in [-0.2, 0) is 12.7 Å². The van der Waals surface area contributed by atoms with E-state index in [-0.39, 0.29) is 12.1 Å². The smallest absolute Gasteiger partial charge is 0.359 e. The molecule has 2 aromatic carbocycles. The zero-order chi connectivity index (χ0) is 21.0. The van der Waals surface area contributed by atoms with Gasteiger partial charge in [0.15, 0.2) is 5.76 Å². The van der Waals surface area contributed by atoms with Crippen molar-refractivity contribution in [3.05, 3.63) is 77.2 Å². The van der Waals surface area contributed by atoms with Gasteiger partial charge in [-0.15, -0.1) is 0 Å². The Balaban J connectivity index is 1.88. The van der Waals surface area contributed by atoms with Crippen molar-refractivity contribution in [2.24, 2.45) is 0 Å². The van der Waals surface area contributed by atoms with Crippen LogP contribution in [0.1, 0.15) is 22.5 Å². The zero-order valence-electron chi connectivity index (χ0n) is 15.2.